The molecule has 3 aromatic rings. The first kappa shape index (κ1) is 22.5. The van der Waals surface area contributed by atoms with Crippen LogP contribution in [0.1, 0.15) is 20.3 Å². The van der Waals surface area contributed by atoms with Crippen molar-refractivity contribution in [3.05, 3.63) is 60.4 Å². The van der Waals surface area contributed by atoms with E-state index in [1.807, 2.05) is 44.2 Å². The largest absolute Gasteiger partial charge is 0.455 e. The van der Waals surface area contributed by atoms with Crippen LogP contribution in [0.2, 0.25) is 0 Å². The van der Waals surface area contributed by atoms with Crippen molar-refractivity contribution in [1.82, 2.24) is 20.1 Å². The summed E-state index contributed by atoms with van der Waals surface area (Å²) in [6, 6.07) is 15.6. The number of carbonyl (C=O) groups is 2. The van der Waals surface area contributed by atoms with Crippen LogP contribution < -0.4 is 5.32 Å². The van der Waals surface area contributed by atoms with E-state index >= 15 is 0 Å². The van der Waals surface area contributed by atoms with E-state index in [-0.39, 0.29) is 24.3 Å². The number of nitrogens with one attached hydrogen (secondary N) is 1. The van der Waals surface area contributed by atoms with Crippen LogP contribution >= 0.6 is 11.8 Å². The minimum atomic E-state index is -0.556. The van der Waals surface area contributed by atoms with Gasteiger partial charge in [0.05, 0.1) is 11.3 Å². The van der Waals surface area contributed by atoms with E-state index < -0.39 is 11.8 Å². The van der Waals surface area contributed by atoms with Gasteiger partial charge in [-0.2, -0.15) is 0 Å². The normalized spacial score (nSPS) is 11.7. The molecule has 1 N–H and O–H groups in total. The van der Waals surface area contributed by atoms with Crippen LogP contribution in [0, 0.1) is 5.82 Å². The van der Waals surface area contributed by atoms with Gasteiger partial charge in [0.15, 0.2) is 17.6 Å². The van der Waals surface area contributed by atoms with E-state index in [4.69, 9.17) is 4.74 Å². The van der Waals surface area contributed by atoms with Crippen molar-refractivity contribution in [2.24, 2.45) is 0 Å². The molecule has 0 saturated carbocycles. The Hall–Kier alpha value is -3.20. The fraction of sp³-hybridized carbons (Fsp3) is 0.273. The first-order valence-corrected chi connectivity index (χ1v) is 10.8. The van der Waals surface area contributed by atoms with Crippen molar-refractivity contribution in [1.29, 1.82) is 0 Å². The van der Waals surface area contributed by atoms with Crippen LogP contribution in [0.3, 0.4) is 0 Å². The summed E-state index contributed by atoms with van der Waals surface area (Å²) in [4.78, 5) is 23.9. The molecule has 1 heterocycles. The molecule has 0 aliphatic carbocycles. The van der Waals surface area contributed by atoms with Gasteiger partial charge in [-0.1, -0.05) is 49.0 Å². The number of nitrogens with zero attached hydrogens (tertiary/aromatic N) is 3. The highest BCUT2D eigenvalue weighted by atomic mass is 32.2. The van der Waals surface area contributed by atoms with Crippen molar-refractivity contribution in [3.63, 3.8) is 0 Å². The smallest absolute Gasteiger partial charge is 0.316 e. The summed E-state index contributed by atoms with van der Waals surface area (Å²) in [5, 5.41) is 11.4. The summed E-state index contributed by atoms with van der Waals surface area (Å²) in [5.74, 6) is -1.07. The highest BCUT2D eigenvalue weighted by molar-refractivity contribution is 7.99. The lowest BCUT2D eigenvalue weighted by Crippen LogP contribution is -2.35. The average molecular weight is 443 g/mol. The van der Waals surface area contributed by atoms with Gasteiger partial charge in [-0.25, -0.2) is 4.39 Å². The van der Waals surface area contributed by atoms with E-state index in [1.165, 1.54) is 6.07 Å². The lowest BCUT2D eigenvalue weighted by Gasteiger charge is -2.12. The molecule has 1 unspecified atom stereocenters. The van der Waals surface area contributed by atoms with Gasteiger partial charge in [0, 0.05) is 11.7 Å². The number of para-hydroxylation sites is 1. The third-order valence-corrected chi connectivity index (χ3v) is 5.37. The van der Waals surface area contributed by atoms with Gasteiger partial charge in [0.2, 0.25) is 0 Å². The number of rotatable bonds is 9. The molecule has 1 aromatic heterocycles. The molecule has 3 rings (SSSR count). The van der Waals surface area contributed by atoms with Gasteiger partial charge in [-0.05, 0) is 37.6 Å². The van der Waals surface area contributed by atoms with Crippen LogP contribution in [-0.2, 0) is 14.3 Å². The van der Waals surface area contributed by atoms with Crippen molar-refractivity contribution < 1.29 is 18.7 Å². The number of hydrogen-bond donors (Lipinski definition) is 1. The Morgan fingerprint density at radius 1 is 1.13 bits per heavy atom. The number of esters is 1. The maximum absolute atomic E-state index is 14.4. The summed E-state index contributed by atoms with van der Waals surface area (Å²) < 4.78 is 21.1. The second-order valence-electron chi connectivity index (χ2n) is 6.78. The quantitative estimate of drug-likeness (QED) is 0.402. The molecule has 0 aliphatic heterocycles. The molecular weight excluding hydrogens is 419 g/mol. The molecule has 0 aliphatic rings. The molecule has 1 atom stereocenters. The zero-order valence-electron chi connectivity index (χ0n) is 17.2. The fourth-order valence-corrected chi connectivity index (χ4v) is 3.47. The molecule has 0 radical (unpaired) electrons. The van der Waals surface area contributed by atoms with E-state index in [2.05, 4.69) is 15.5 Å². The Morgan fingerprint density at radius 2 is 1.84 bits per heavy atom. The maximum atomic E-state index is 14.4. The van der Waals surface area contributed by atoms with Gasteiger partial charge in [0.25, 0.3) is 5.91 Å². The molecule has 0 saturated heterocycles. The molecule has 7 nitrogen and oxygen atoms in total. The second-order valence-corrected chi connectivity index (χ2v) is 7.73. The Kier molecular flexibility index (Phi) is 7.77. The highest BCUT2D eigenvalue weighted by Crippen LogP contribution is 2.29. The topological polar surface area (TPSA) is 86.1 Å². The van der Waals surface area contributed by atoms with E-state index in [0.29, 0.717) is 16.5 Å². The van der Waals surface area contributed by atoms with E-state index in [9.17, 15) is 14.0 Å². The van der Waals surface area contributed by atoms with Gasteiger partial charge in [-0.15, -0.1) is 10.2 Å². The van der Waals surface area contributed by atoms with Crippen LogP contribution in [0.4, 0.5) is 4.39 Å². The van der Waals surface area contributed by atoms with Crippen LogP contribution in [0.25, 0.3) is 17.1 Å². The number of thioether (sulfide) groups is 1. The second kappa shape index (κ2) is 10.7. The molecule has 1 amide bonds. The minimum absolute atomic E-state index is 0.0156. The molecule has 0 fully saturated rings. The standard InChI is InChI=1S/C22H23FN4O3S/c1-3-15(2)24-19(28)13-30-20(29)14-31-22-26-25-21(17-11-7-8-12-18(17)23)27(22)16-9-5-4-6-10-16/h4-12,15H,3,13-14H2,1-2H3,(H,24,28). The number of carbonyl (C=O) groups excluding carboxylic acids is 2. The number of ether oxygens (including phenoxy) is 1. The summed E-state index contributed by atoms with van der Waals surface area (Å²) in [7, 11) is 0. The minimum Gasteiger partial charge on any atom is -0.455 e. The average Bonchev–Trinajstić information content (AvgIpc) is 3.20. The van der Waals surface area contributed by atoms with Gasteiger partial charge in [-0.3, -0.25) is 14.2 Å². The monoisotopic (exact) mass is 442 g/mol. The summed E-state index contributed by atoms with van der Waals surface area (Å²) >= 11 is 1.10. The zero-order chi connectivity index (χ0) is 22.2. The van der Waals surface area contributed by atoms with Crippen LogP contribution in [0.15, 0.2) is 59.8 Å². The summed E-state index contributed by atoms with van der Waals surface area (Å²) in [6.07, 6.45) is 0.787. The first-order valence-electron chi connectivity index (χ1n) is 9.83. The Morgan fingerprint density at radius 3 is 2.55 bits per heavy atom. The molecule has 0 bridgehead atoms. The van der Waals surface area contributed by atoms with E-state index in [1.54, 1.807) is 22.8 Å². The van der Waals surface area contributed by atoms with E-state index in [0.717, 1.165) is 23.9 Å². The Bertz CT molecular complexity index is 1040. The lowest BCUT2D eigenvalue weighted by molar-refractivity contribution is -0.146. The number of halogens is 1. The SMILES string of the molecule is CCC(C)NC(=O)COC(=O)CSc1nnc(-c2ccccc2F)n1-c1ccccc1. The predicted molar refractivity (Wildman–Crippen MR) is 116 cm³/mol. The summed E-state index contributed by atoms with van der Waals surface area (Å²) in [5.41, 5.74) is 1.03. The number of hydrogen-bond acceptors (Lipinski definition) is 6. The van der Waals surface area contributed by atoms with Gasteiger partial charge >= 0.3 is 5.97 Å². The lowest BCUT2D eigenvalue weighted by atomic mass is 10.2. The molecule has 2 aromatic carbocycles. The molecule has 0 spiro atoms. The number of aromatic nitrogens is 3. The zero-order valence-corrected chi connectivity index (χ0v) is 18.1. The molecule has 31 heavy (non-hydrogen) atoms. The van der Waals surface area contributed by atoms with Crippen molar-refractivity contribution in [3.8, 4) is 17.1 Å². The van der Waals surface area contributed by atoms with Crippen LogP contribution in [-0.4, -0.2) is 45.0 Å². The Balaban J connectivity index is 1.74. The first-order chi connectivity index (χ1) is 15.0. The molecular formula is C22H23FN4O3S. The highest BCUT2D eigenvalue weighted by Gasteiger charge is 2.20. The van der Waals surface area contributed by atoms with Crippen molar-refractivity contribution in [2.45, 2.75) is 31.5 Å². The maximum Gasteiger partial charge on any atom is 0.316 e. The van der Waals surface area contributed by atoms with Crippen molar-refractivity contribution >= 4 is 23.6 Å². The predicted octanol–water partition coefficient (Wildman–Crippen LogP) is 3.62. The molecule has 9 heteroatoms. The summed E-state index contributed by atoms with van der Waals surface area (Å²) in [6.45, 7) is 3.49. The third kappa shape index (κ3) is 5.91. The number of benzene rings is 2. The third-order valence-electron chi connectivity index (χ3n) is 4.47. The van der Waals surface area contributed by atoms with Crippen LogP contribution in [0.5, 0.6) is 0 Å². The van der Waals surface area contributed by atoms with Crippen molar-refractivity contribution in [2.75, 3.05) is 12.4 Å². The van der Waals surface area contributed by atoms with Gasteiger partial charge in [0.1, 0.15) is 5.82 Å². The molecule has 162 valence electrons. The number of amides is 1. The van der Waals surface area contributed by atoms with Gasteiger partial charge < -0.3 is 10.1 Å². The fourth-order valence-electron chi connectivity index (χ4n) is 2.72. The Labute approximate surface area is 184 Å².